The molecule has 0 amide bonds. The summed E-state index contributed by atoms with van der Waals surface area (Å²) in [5.74, 6) is 0. The Balaban J connectivity index is 2.16. The van der Waals surface area contributed by atoms with Gasteiger partial charge in [-0.05, 0) is 24.4 Å². The molecular formula is C13H13N3O4S. The number of rotatable bonds is 6. The van der Waals surface area contributed by atoms with Gasteiger partial charge in [-0.3, -0.25) is 20.2 Å². The SMILES string of the molecule is C[C@@H](NCc1ccc([N+](=O)[O-])cc1[N+](=O)[O-])c1cccs1. The molecule has 1 heterocycles. The summed E-state index contributed by atoms with van der Waals surface area (Å²) in [5.41, 5.74) is -0.0964. The number of nitrogens with one attached hydrogen (secondary N) is 1. The van der Waals surface area contributed by atoms with Gasteiger partial charge in [-0.15, -0.1) is 11.3 Å². The van der Waals surface area contributed by atoms with E-state index in [4.69, 9.17) is 0 Å². The van der Waals surface area contributed by atoms with Gasteiger partial charge < -0.3 is 5.32 Å². The van der Waals surface area contributed by atoms with Crippen LogP contribution in [0, 0.1) is 20.2 Å². The molecule has 0 unspecified atom stereocenters. The number of hydrogen-bond acceptors (Lipinski definition) is 6. The number of nitrogens with zero attached hydrogens (tertiary/aromatic N) is 2. The first kappa shape index (κ1) is 15.1. The molecule has 8 heteroatoms. The zero-order valence-electron chi connectivity index (χ0n) is 11.2. The molecule has 0 radical (unpaired) electrons. The van der Waals surface area contributed by atoms with Crippen LogP contribution in [0.15, 0.2) is 35.7 Å². The lowest BCUT2D eigenvalue weighted by Crippen LogP contribution is -2.18. The molecule has 1 aromatic carbocycles. The highest BCUT2D eigenvalue weighted by Crippen LogP contribution is 2.25. The largest absolute Gasteiger partial charge is 0.305 e. The third kappa shape index (κ3) is 3.61. The molecule has 110 valence electrons. The van der Waals surface area contributed by atoms with Crippen molar-refractivity contribution in [2.45, 2.75) is 19.5 Å². The van der Waals surface area contributed by atoms with E-state index in [0.29, 0.717) is 5.56 Å². The highest BCUT2D eigenvalue weighted by molar-refractivity contribution is 7.10. The summed E-state index contributed by atoms with van der Waals surface area (Å²) >= 11 is 1.60. The molecular weight excluding hydrogens is 294 g/mol. The second-order valence-corrected chi connectivity index (χ2v) is 5.42. The van der Waals surface area contributed by atoms with Crippen molar-refractivity contribution in [1.82, 2.24) is 5.32 Å². The van der Waals surface area contributed by atoms with Crippen molar-refractivity contribution in [2.75, 3.05) is 0 Å². The predicted molar refractivity (Wildman–Crippen MR) is 79.3 cm³/mol. The molecule has 0 fully saturated rings. The molecule has 1 aromatic heterocycles. The Morgan fingerprint density at radius 1 is 1.24 bits per heavy atom. The van der Waals surface area contributed by atoms with Crippen molar-refractivity contribution in [3.8, 4) is 0 Å². The first-order valence-electron chi connectivity index (χ1n) is 6.17. The van der Waals surface area contributed by atoms with Gasteiger partial charge in [-0.25, -0.2) is 0 Å². The number of hydrogen-bond donors (Lipinski definition) is 1. The molecule has 7 nitrogen and oxygen atoms in total. The van der Waals surface area contributed by atoms with E-state index in [1.54, 1.807) is 11.3 Å². The zero-order valence-corrected chi connectivity index (χ0v) is 12.0. The Morgan fingerprint density at radius 3 is 2.57 bits per heavy atom. The topological polar surface area (TPSA) is 98.3 Å². The first-order chi connectivity index (χ1) is 9.99. The minimum atomic E-state index is -0.640. The van der Waals surface area contributed by atoms with Crippen molar-refractivity contribution < 1.29 is 9.85 Å². The number of thiophene rings is 1. The van der Waals surface area contributed by atoms with Gasteiger partial charge in [0.15, 0.2) is 0 Å². The molecule has 2 rings (SSSR count). The number of benzene rings is 1. The van der Waals surface area contributed by atoms with Crippen molar-refractivity contribution in [3.63, 3.8) is 0 Å². The summed E-state index contributed by atoms with van der Waals surface area (Å²) in [6, 6.07) is 7.66. The summed E-state index contributed by atoms with van der Waals surface area (Å²) in [6.07, 6.45) is 0. The van der Waals surface area contributed by atoms with Gasteiger partial charge in [0.05, 0.1) is 15.9 Å². The fraction of sp³-hybridized carbons (Fsp3) is 0.231. The van der Waals surface area contributed by atoms with Crippen LogP contribution in [-0.4, -0.2) is 9.85 Å². The summed E-state index contributed by atoms with van der Waals surface area (Å²) in [5, 5.41) is 26.8. The van der Waals surface area contributed by atoms with Gasteiger partial charge in [-0.1, -0.05) is 6.07 Å². The quantitative estimate of drug-likeness (QED) is 0.651. The van der Waals surface area contributed by atoms with E-state index in [9.17, 15) is 20.2 Å². The third-order valence-electron chi connectivity index (χ3n) is 3.05. The fourth-order valence-corrected chi connectivity index (χ4v) is 2.65. The van der Waals surface area contributed by atoms with E-state index in [1.807, 2.05) is 24.4 Å². The summed E-state index contributed by atoms with van der Waals surface area (Å²) in [6.45, 7) is 2.23. The van der Waals surface area contributed by atoms with Gasteiger partial charge in [0.1, 0.15) is 0 Å². The van der Waals surface area contributed by atoms with E-state index in [-0.39, 0.29) is 24.0 Å². The van der Waals surface area contributed by atoms with Crippen LogP contribution >= 0.6 is 11.3 Å². The van der Waals surface area contributed by atoms with Crippen molar-refractivity contribution in [3.05, 3.63) is 66.4 Å². The van der Waals surface area contributed by atoms with E-state index < -0.39 is 9.85 Å². The Bertz CT molecular complexity index is 657. The Labute approximate surface area is 124 Å². The molecule has 0 saturated carbocycles. The average Bonchev–Trinajstić information content (AvgIpc) is 2.98. The zero-order chi connectivity index (χ0) is 15.4. The molecule has 0 saturated heterocycles. The molecule has 0 bridgehead atoms. The van der Waals surface area contributed by atoms with Gasteiger partial charge in [0.25, 0.3) is 11.4 Å². The first-order valence-corrected chi connectivity index (χ1v) is 7.05. The minimum absolute atomic E-state index is 0.0554. The molecule has 0 aliphatic carbocycles. The third-order valence-corrected chi connectivity index (χ3v) is 4.10. The molecule has 1 atom stereocenters. The van der Waals surface area contributed by atoms with Gasteiger partial charge in [0, 0.05) is 29.1 Å². The van der Waals surface area contributed by atoms with Gasteiger partial charge >= 0.3 is 0 Å². The molecule has 0 aliphatic rings. The average molecular weight is 307 g/mol. The maximum absolute atomic E-state index is 11.0. The Hall–Kier alpha value is -2.32. The van der Waals surface area contributed by atoms with Gasteiger partial charge in [-0.2, -0.15) is 0 Å². The summed E-state index contributed by atoms with van der Waals surface area (Å²) < 4.78 is 0. The van der Waals surface area contributed by atoms with Crippen LogP contribution in [0.3, 0.4) is 0 Å². The normalized spacial score (nSPS) is 12.0. The fourth-order valence-electron chi connectivity index (χ4n) is 1.89. The lowest BCUT2D eigenvalue weighted by molar-refractivity contribution is -0.394. The molecule has 2 aromatic rings. The van der Waals surface area contributed by atoms with E-state index in [0.717, 1.165) is 10.9 Å². The van der Waals surface area contributed by atoms with E-state index in [2.05, 4.69) is 5.32 Å². The van der Waals surface area contributed by atoms with Crippen LogP contribution in [0.1, 0.15) is 23.4 Å². The highest BCUT2D eigenvalue weighted by Gasteiger charge is 2.19. The molecule has 0 aliphatic heterocycles. The summed E-state index contributed by atoms with van der Waals surface area (Å²) in [7, 11) is 0. The van der Waals surface area contributed by atoms with Crippen LogP contribution in [0.2, 0.25) is 0 Å². The van der Waals surface area contributed by atoms with E-state index >= 15 is 0 Å². The number of non-ortho nitro benzene ring substituents is 1. The Morgan fingerprint density at radius 2 is 2.00 bits per heavy atom. The standard InChI is InChI=1S/C13H13N3O4S/c1-9(13-3-2-6-21-13)14-8-10-4-5-11(15(17)18)7-12(10)16(19)20/h2-7,9,14H,8H2,1H3/t9-/m1/s1. The van der Waals surface area contributed by atoms with E-state index in [1.165, 1.54) is 12.1 Å². The van der Waals surface area contributed by atoms with Crippen LogP contribution in [0.25, 0.3) is 0 Å². The van der Waals surface area contributed by atoms with Crippen LogP contribution in [0.4, 0.5) is 11.4 Å². The number of nitro benzene ring substituents is 2. The van der Waals surface area contributed by atoms with Crippen molar-refractivity contribution in [2.24, 2.45) is 0 Å². The lowest BCUT2D eigenvalue weighted by Gasteiger charge is -2.12. The Kier molecular flexibility index (Phi) is 4.61. The van der Waals surface area contributed by atoms with Crippen LogP contribution in [-0.2, 0) is 6.54 Å². The maximum Gasteiger partial charge on any atom is 0.280 e. The second-order valence-electron chi connectivity index (χ2n) is 4.45. The predicted octanol–water partition coefficient (Wildman–Crippen LogP) is 3.42. The van der Waals surface area contributed by atoms with Crippen LogP contribution in [0.5, 0.6) is 0 Å². The van der Waals surface area contributed by atoms with Crippen molar-refractivity contribution >= 4 is 22.7 Å². The molecule has 1 N–H and O–H groups in total. The number of nitro groups is 2. The highest BCUT2D eigenvalue weighted by atomic mass is 32.1. The van der Waals surface area contributed by atoms with Gasteiger partial charge in [0.2, 0.25) is 0 Å². The smallest absolute Gasteiger partial charge is 0.280 e. The lowest BCUT2D eigenvalue weighted by atomic mass is 10.1. The van der Waals surface area contributed by atoms with Crippen molar-refractivity contribution in [1.29, 1.82) is 0 Å². The second kappa shape index (κ2) is 6.42. The maximum atomic E-state index is 11.0. The monoisotopic (exact) mass is 307 g/mol. The van der Waals surface area contributed by atoms with Crippen LogP contribution < -0.4 is 5.32 Å². The minimum Gasteiger partial charge on any atom is -0.305 e. The summed E-state index contributed by atoms with van der Waals surface area (Å²) in [4.78, 5) is 21.6. The molecule has 0 spiro atoms. The molecule has 21 heavy (non-hydrogen) atoms.